The molecule has 3 rings (SSSR count). The maximum atomic E-state index is 12.5. The quantitative estimate of drug-likeness (QED) is 0.533. The average Bonchev–Trinajstić information content (AvgIpc) is 2.78. The molecule has 1 atom stereocenters. The van der Waals surface area contributed by atoms with E-state index in [0.717, 1.165) is 11.1 Å². The molecule has 1 N–H and O–H groups in total. The lowest BCUT2D eigenvalue weighted by Gasteiger charge is -2.16. The molecule has 6 heteroatoms. The second-order valence-electron chi connectivity index (χ2n) is 7.04. The molecule has 31 heavy (non-hydrogen) atoms. The molecule has 0 unspecified atom stereocenters. The Bertz CT molecular complexity index is 1030. The van der Waals surface area contributed by atoms with E-state index in [9.17, 15) is 9.59 Å². The Morgan fingerprint density at radius 1 is 0.968 bits per heavy atom. The summed E-state index contributed by atoms with van der Waals surface area (Å²) in [6.45, 7) is 3.86. The Balaban J connectivity index is 1.55. The van der Waals surface area contributed by atoms with Gasteiger partial charge >= 0.3 is 5.97 Å². The van der Waals surface area contributed by atoms with Crippen LogP contribution in [0, 0.1) is 6.92 Å². The number of ether oxygens (including phenoxy) is 3. The third kappa shape index (κ3) is 6.09. The maximum Gasteiger partial charge on any atom is 0.338 e. The number of aryl methyl sites for hydroxylation is 1. The molecular weight excluding hydrogens is 394 g/mol. The number of carbonyl (C=O) groups excluding carboxylic acids is 2. The fourth-order valence-corrected chi connectivity index (χ4v) is 2.86. The Morgan fingerprint density at radius 3 is 2.35 bits per heavy atom. The van der Waals surface area contributed by atoms with Gasteiger partial charge in [-0.15, -0.1) is 0 Å². The van der Waals surface area contributed by atoms with E-state index in [4.69, 9.17) is 14.2 Å². The van der Waals surface area contributed by atoms with Crippen LogP contribution in [0.2, 0.25) is 0 Å². The number of amides is 1. The van der Waals surface area contributed by atoms with Gasteiger partial charge in [0, 0.05) is 0 Å². The number of hydrogen-bond acceptors (Lipinski definition) is 5. The first kappa shape index (κ1) is 21.9. The zero-order valence-electron chi connectivity index (χ0n) is 17.8. The van der Waals surface area contributed by atoms with Gasteiger partial charge < -0.3 is 19.5 Å². The third-order valence-electron chi connectivity index (χ3n) is 4.60. The number of anilines is 1. The molecule has 0 bridgehead atoms. The number of hydrogen-bond donors (Lipinski definition) is 1. The topological polar surface area (TPSA) is 73.9 Å². The lowest BCUT2D eigenvalue weighted by atomic mass is 10.2. The van der Waals surface area contributed by atoms with Crippen LogP contribution < -0.4 is 14.8 Å². The molecule has 160 valence electrons. The molecule has 0 radical (unpaired) electrons. The van der Waals surface area contributed by atoms with Crippen molar-refractivity contribution in [2.45, 2.75) is 26.6 Å². The molecule has 0 spiro atoms. The molecule has 0 saturated heterocycles. The lowest BCUT2D eigenvalue weighted by Crippen LogP contribution is -2.30. The second-order valence-corrected chi connectivity index (χ2v) is 7.04. The number of esters is 1. The molecule has 6 nitrogen and oxygen atoms in total. The van der Waals surface area contributed by atoms with Gasteiger partial charge in [0.25, 0.3) is 5.91 Å². The Hall–Kier alpha value is -3.80. The SMILES string of the molecule is COc1ccc(C)cc1NC(=O)[C@H](C)OC(=O)c1ccc(OCc2ccccc2)cc1. The first-order valence-electron chi connectivity index (χ1n) is 9.89. The highest BCUT2D eigenvalue weighted by Crippen LogP contribution is 2.25. The van der Waals surface area contributed by atoms with Gasteiger partial charge in [0.15, 0.2) is 6.10 Å². The van der Waals surface area contributed by atoms with Gasteiger partial charge in [-0.3, -0.25) is 4.79 Å². The van der Waals surface area contributed by atoms with Crippen molar-refractivity contribution in [1.82, 2.24) is 0 Å². The van der Waals surface area contributed by atoms with Crippen molar-refractivity contribution in [2.75, 3.05) is 12.4 Å². The van der Waals surface area contributed by atoms with Crippen molar-refractivity contribution in [3.05, 3.63) is 89.5 Å². The number of carbonyl (C=O) groups is 2. The standard InChI is InChI=1S/C25H25NO5/c1-17-9-14-23(29-3)22(15-17)26-24(27)18(2)31-25(28)20-10-12-21(13-11-20)30-16-19-7-5-4-6-8-19/h4-15,18H,16H2,1-3H3,(H,26,27)/t18-/m0/s1. The van der Waals surface area contributed by atoms with E-state index >= 15 is 0 Å². The molecule has 3 aromatic carbocycles. The average molecular weight is 419 g/mol. The van der Waals surface area contributed by atoms with Crippen LogP contribution in [0.5, 0.6) is 11.5 Å². The van der Waals surface area contributed by atoms with E-state index in [1.807, 2.05) is 43.3 Å². The van der Waals surface area contributed by atoms with Crippen molar-refractivity contribution >= 4 is 17.6 Å². The maximum absolute atomic E-state index is 12.5. The number of rotatable bonds is 8. The molecule has 3 aromatic rings. The number of nitrogens with one attached hydrogen (secondary N) is 1. The molecular formula is C25H25NO5. The zero-order valence-corrected chi connectivity index (χ0v) is 17.8. The van der Waals surface area contributed by atoms with E-state index in [2.05, 4.69) is 5.32 Å². The highest BCUT2D eigenvalue weighted by Gasteiger charge is 2.20. The summed E-state index contributed by atoms with van der Waals surface area (Å²) in [7, 11) is 1.52. The Morgan fingerprint density at radius 2 is 1.68 bits per heavy atom. The largest absolute Gasteiger partial charge is 0.495 e. The van der Waals surface area contributed by atoms with Gasteiger partial charge in [-0.2, -0.15) is 0 Å². The molecule has 0 aliphatic heterocycles. The van der Waals surface area contributed by atoms with Crippen LogP contribution in [0.15, 0.2) is 72.8 Å². The minimum absolute atomic E-state index is 0.333. The molecule has 1 amide bonds. The number of benzene rings is 3. The van der Waals surface area contributed by atoms with Crippen molar-refractivity contribution in [1.29, 1.82) is 0 Å². The molecule has 0 aliphatic carbocycles. The van der Waals surface area contributed by atoms with E-state index in [0.29, 0.717) is 29.4 Å². The van der Waals surface area contributed by atoms with E-state index < -0.39 is 18.0 Å². The van der Waals surface area contributed by atoms with Gasteiger partial charge in [0.1, 0.15) is 18.1 Å². The summed E-state index contributed by atoms with van der Waals surface area (Å²) in [5.41, 5.74) is 2.88. The minimum Gasteiger partial charge on any atom is -0.495 e. The monoisotopic (exact) mass is 419 g/mol. The molecule has 0 heterocycles. The van der Waals surface area contributed by atoms with E-state index in [1.54, 1.807) is 36.4 Å². The normalized spacial score (nSPS) is 11.3. The predicted molar refractivity (Wildman–Crippen MR) is 118 cm³/mol. The molecule has 0 saturated carbocycles. The first-order valence-corrected chi connectivity index (χ1v) is 9.89. The smallest absolute Gasteiger partial charge is 0.338 e. The summed E-state index contributed by atoms with van der Waals surface area (Å²) in [5, 5.41) is 2.74. The first-order chi connectivity index (χ1) is 15.0. The summed E-state index contributed by atoms with van der Waals surface area (Å²) >= 11 is 0. The molecule has 0 aliphatic rings. The van der Waals surface area contributed by atoms with Crippen molar-refractivity contribution in [2.24, 2.45) is 0 Å². The van der Waals surface area contributed by atoms with Crippen LogP contribution in [0.1, 0.15) is 28.4 Å². The summed E-state index contributed by atoms with van der Waals surface area (Å²) < 4.78 is 16.3. The third-order valence-corrected chi connectivity index (χ3v) is 4.60. The molecule has 0 fully saturated rings. The summed E-state index contributed by atoms with van der Waals surface area (Å²) in [6.07, 6.45) is -0.980. The van der Waals surface area contributed by atoms with Gasteiger partial charge in [-0.25, -0.2) is 4.79 Å². The highest BCUT2D eigenvalue weighted by atomic mass is 16.5. The minimum atomic E-state index is -0.980. The Kier molecular flexibility index (Phi) is 7.27. The van der Waals surface area contributed by atoms with Gasteiger partial charge in [0.05, 0.1) is 18.4 Å². The van der Waals surface area contributed by atoms with Crippen molar-refractivity contribution in [3.8, 4) is 11.5 Å². The van der Waals surface area contributed by atoms with Crippen molar-refractivity contribution < 1.29 is 23.8 Å². The summed E-state index contributed by atoms with van der Waals surface area (Å²) in [6, 6.07) is 21.8. The summed E-state index contributed by atoms with van der Waals surface area (Å²) in [5.74, 6) is 0.134. The fourth-order valence-electron chi connectivity index (χ4n) is 2.86. The highest BCUT2D eigenvalue weighted by molar-refractivity contribution is 5.98. The van der Waals surface area contributed by atoms with Crippen molar-refractivity contribution in [3.63, 3.8) is 0 Å². The fraction of sp³-hybridized carbons (Fsp3) is 0.200. The van der Waals surface area contributed by atoms with Crippen LogP contribution in [-0.4, -0.2) is 25.1 Å². The van der Waals surface area contributed by atoms with Gasteiger partial charge in [0.2, 0.25) is 0 Å². The van der Waals surface area contributed by atoms with E-state index in [1.165, 1.54) is 14.0 Å². The lowest BCUT2D eigenvalue weighted by molar-refractivity contribution is -0.123. The van der Waals surface area contributed by atoms with Gasteiger partial charge in [-0.1, -0.05) is 36.4 Å². The number of methoxy groups -OCH3 is 1. The molecule has 0 aromatic heterocycles. The predicted octanol–water partition coefficient (Wildman–Crippen LogP) is 4.77. The van der Waals surface area contributed by atoms with Crippen LogP contribution in [0.3, 0.4) is 0 Å². The van der Waals surface area contributed by atoms with Crippen LogP contribution in [0.4, 0.5) is 5.69 Å². The van der Waals surface area contributed by atoms with Crippen LogP contribution in [-0.2, 0) is 16.1 Å². The van der Waals surface area contributed by atoms with Crippen LogP contribution >= 0.6 is 0 Å². The zero-order chi connectivity index (χ0) is 22.2. The second kappa shape index (κ2) is 10.3. The Labute approximate surface area is 181 Å². The van der Waals surface area contributed by atoms with Crippen LogP contribution in [0.25, 0.3) is 0 Å². The summed E-state index contributed by atoms with van der Waals surface area (Å²) in [4.78, 5) is 24.9. The van der Waals surface area contributed by atoms with E-state index in [-0.39, 0.29) is 0 Å². The van der Waals surface area contributed by atoms with Gasteiger partial charge in [-0.05, 0) is 61.4 Å².